The third-order valence-corrected chi connectivity index (χ3v) is 4.98. The SMILES string of the molecule is CN=C(NCC1(CCO)CCOC1)NCC(C)(C)c1ccccc1F. The van der Waals surface area contributed by atoms with E-state index in [1.54, 1.807) is 13.1 Å². The normalized spacial score (nSPS) is 21.4. The average molecular weight is 351 g/mol. The smallest absolute Gasteiger partial charge is 0.191 e. The molecule has 0 amide bonds. The van der Waals surface area contributed by atoms with Crippen LogP contribution in [0.1, 0.15) is 32.3 Å². The third-order valence-electron chi connectivity index (χ3n) is 4.98. The minimum Gasteiger partial charge on any atom is -0.396 e. The van der Waals surface area contributed by atoms with Crippen molar-refractivity contribution in [3.05, 3.63) is 35.6 Å². The number of rotatable bonds is 7. The highest BCUT2D eigenvalue weighted by Crippen LogP contribution is 2.31. The Morgan fingerprint density at radius 1 is 1.36 bits per heavy atom. The Morgan fingerprint density at radius 2 is 2.12 bits per heavy atom. The Bertz CT molecular complexity index is 584. The van der Waals surface area contributed by atoms with Gasteiger partial charge in [0, 0.05) is 44.2 Å². The molecule has 1 aromatic carbocycles. The van der Waals surface area contributed by atoms with Gasteiger partial charge in [-0.3, -0.25) is 4.99 Å². The zero-order valence-corrected chi connectivity index (χ0v) is 15.4. The first-order valence-corrected chi connectivity index (χ1v) is 8.81. The molecular weight excluding hydrogens is 321 g/mol. The van der Waals surface area contributed by atoms with Gasteiger partial charge in [0.2, 0.25) is 0 Å². The zero-order valence-electron chi connectivity index (χ0n) is 15.4. The molecule has 1 atom stereocenters. The van der Waals surface area contributed by atoms with Crippen molar-refractivity contribution in [2.45, 2.75) is 32.1 Å². The van der Waals surface area contributed by atoms with Crippen LogP contribution in [0.25, 0.3) is 0 Å². The van der Waals surface area contributed by atoms with E-state index in [0.29, 0.717) is 37.6 Å². The quantitative estimate of drug-likeness (QED) is 0.520. The van der Waals surface area contributed by atoms with E-state index < -0.39 is 0 Å². The fourth-order valence-corrected chi connectivity index (χ4v) is 3.21. The van der Waals surface area contributed by atoms with E-state index in [1.807, 2.05) is 26.0 Å². The summed E-state index contributed by atoms with van der Waals surface area (Å²) in [5.74, 6) is 0.482. The van der Waals surface area contributed by atoms with Crippen molar-refractivity contribution in [1.29, 1.82) is 0 Å². The summed E-state index contributed by atoms with van der Waals surface area (Å²) in [6.45, 7) is 6.78. The maximum absolute atomic E-state index is 14.1. The van der Waals surface area contributed by atoms with Gasteiger partial charge in [0.05, 0.1) is 6.61 Å². The molecular formula is C19H30FN3O2. The lowest BCUT2D eigenvalue weighted by molar-refractivity contribution is 0.127. The highest BCUT2D eigenvalue weighted by molar-refractivity contribution is 5.79. The molecule has 1 aromatic rings. The zero-order chi connectivity index (χ0) is 18.3. The van der Waals surface area contributed by atoms with Gasteiger partial charge in [-0.15, -0.1) is 0 Å². The maximum atomic E-state index is 14.1. The number of aliphatic hydroxyl groups excluding tert-OH is 1. The first-order chi connectivity index (χ1) is 11.9. The highest BCUT2D eigenvalue weighted by atomic mass is 19.1. The summed E-state index contributed by atoms with van der Waals surface area (Å²) in [5, 5.41) is 15.9. The molecule has 1 unspecified atom stereocenters. The standard InChI is InChI=1S/C19H30FN3O2/c1-18(2,15-6-4-5-7-16(15)20)12-22-17(21-3)23-13-19(8-10-24)9-11-25-14-19/h4-7,24H,8-14H2,1-3H3,(H2,21,22,23). The largest absolute Gasteiger partial charge is 0.396 e. The van der Waals surface area contributed by atoms with Crippen molar-refractivity contribution in [3.63, 3.8) is 0 Å². The molecule has 6 heteroatoms. The molecule has 1 saturated heterocycles. The van der Waals surface area contributed by atoms with Gasteiger partial charge in [0.1, 0.15) is 5.82 Å². The van der Waals surface area contributed by atoms with Gasteiger partial charge in [0.25, 0.3) is 0 Å². The summed E-state index contributed by atoms with van der Waals surface area (Å²) in [6.07, 6.45) is 1.63. The molecule has 0 bridgehead atoms. The van der Waals surface area contributed by atoms with E-state index in [1.165, 1.54) is 6.07 Å². The summed E-state index contributed by atoms with van der Waals surface area (Å²) in [6, 6.07) is 6.86. The Kier molecular flexibility index (Phi) is 6.79. The summed E-state index contributed by atoms with van der Waals surface area (Å²) in [5.41, 5.74) is 0.259. The molecule has 0 saturated carbocycles. The number of aliphatic hydroxyl groups is 1. The van der Waals surface area contributed by atoms with E-state index in [9.17, 15) is 9.50 Å². The Morgan fingerprint density at radius 3 is 2.72 bits per heavy atom. The van der Waals surface area contributed by atoms with Gasteiger partial charge in [-0.05, 0) is 24.5 Å². The molecule has 1 aliphatic heterocycles. The van der Waals surface area contributed by atoms with Gasteiger partial charge in [-0.2, -0.15) is 0 Å². The fraction of sp³-hybridized carbons (Fsp3) is 0.632. The van der Waals surface area contributed by atoms with Crippen LogP contribution in [0, 0.1) is 11.2 Å². The van der Waals surface area contributed by atoms with Crippen LogP contribution >= 0.6 is 0 Å². The Hall–Kier alpha value is -1.66. The molecule has 0 aliphatic carbocycles. The van der Waals surface area contributed by atoms with Gasteiger partial charge >= 0.3 is 0 Å². The van der Waals surface area contributed by atoms with Gasteiger partial charge in [0.15, 0.2) is 5.96 Å². The molecule has 140 valence electrons. The van der Waals surface area contributed by atoms with Crippen LogP contribution in [0.4, 0.5) is 4.39 Å². The van der Waals surface area contributed by atoms with E-state index in [4.69, 9.17) is 4.74 Å². The van der Waals surface area contributed by atoms with Crippen molar-refractivity contribution in [3.8, 4) is 0 Å². The lowest BCUT2D eigenvalue weighted by Gasteiger charge is -2.30. The van der Waals surface area contributed by atoms with Crippen LogP contribution in [-0.2, 0) is 10.2 Å². The highest BCUT2D eigenvalue weighted by Gasteiger charge is 2.34. The average Bonchev–Trinajstić information content (AvgIpc) is 3.04. The Labute approximate surface area is 149 Å². The number of hydrogen-bond acceptors (Lipinski definition) is 3. The Balaban J connectivity index is 1.93. The lowest BCUT2D eigenvalue weighted by atomic mass is 9.84. The number of benzene rings is 1. The number of halogens is 1. The minimum absolute atomic E-state index is 0.0482. The number of hydrogen-bond donors (Lipinski definition) is 3. The summed E-state index contributed by atoms with van der Waals surface area (Å²) >= 11 is 0. The number of aliphatic imine (C=N–C) groups is 1. The van der Waals surface area contributed by atoms with E-state index in [0.717, 1.165) is 13.0 Å². The van der Waals surface area contributed by atoms with E-state index in [2.05, 4.69) is 15.6 Å². The van der Waals surface area contributed by atoms with Gasteiger partial charge in [-0.1, -0.05) is 32.0 Å². The van der Waals surface area contributed by atoms with E-state index >= 15 is 0 Å². The number of nitrogens with zero attached hydrogens (tertiary/aromatic N) is 1. The molecule has 1 aliphatic rings. The van der Waals surface area contributed by atoms with Crippen molar-refractivity contribution in [2.24, 2.45) is 10.4 Å². The summed E-state index contributed by atoms with van der Waals surface area (Å²) in [4.78, 5) is 4.26. The maximum Gasteiger partial charge on any atom is 0.191 e. The molecule has 3 N–H and O–H groups in total. The second kappa shape index (κ2) is 8.63. The molecule has 5 nitrogen and oxygen atoms in total. The predicted molar refractivity (Wildman–Crippen MR) is 98.4 cm³/mol. The van der Waals surface area contributed by atoms with Crippen LogP contribution in [-0.4, -0.2) is 51.0 Å². The van der Waals surface area contributed by atoms with Crippen LogP contribution in [0.2, 0.25) is 0 Å². The predicted octanol–water partition coefficient (Wildman–Crippen LogP) is 2.06. The van der Waals surface area contributed by atoms with Crippen LogP contribution in [0.15, 0.2) is 29.3 Å². The number of ether oxygens (including phenoxy) is 1. The number of guanidine groups is 1. The lowest BCUT2D eigenvalue weighted by Crippen LogP contribution is -2.47. The molecule has 25 heavy (non-hydrogen) atoms. The monoisotopic (exact) mass is 351 g/mol. The second-order valence-corrected chi connectivity index (χ2v) is 7.42. The van der Waals surface area contributed by atoms with Crippen LogP contribution in [0.3, 0.4) is 0 Å². The summed E-state index contributed by atoms with van der Waals surface area (Å²) < 4.78 is 19.6. The number of nitrogens with one attached hydrogen (secondary N) is 2. The molecule has 0 spiro atoms. The second-order valence-electron chi connectivity index (χ2n) is 7.42. The first kappa shape index (κ1) is 19.7. The summed E-state index contributed by atoms with van der Waals surface area (Å²) in [7, 11) is 1.72. The van der Waals surface area contributed by atoms with Gasteiger partial charge < -0.3 is 20.5 Å². The van der Waals surface area contributed by atoms with Crippen molar-refractivity contribution < 1.29 is 14.2 Å². The molecule has 0 aromatic heterocycles. The van der Waals surface area contributed by atoms with Crippen molar-refractivity contribution >= 4 is 5.96 Å². The van der Waals surface area contributed by atoms with E-state index in [-0.39, 0.29) is 23.3 Å². The molecule has 2 rings (SSSR count). The molecule has 1 fully saturated rings. The third kappa shape index (κ3) is 5.16. The molecule has 0 radical (unpaired) electrons. The van der Waals surface area contributed by atoms with Crippen molar-refractivity contribution in [1.82, 2.24) is 10.6 Å². The first-order valence-electron chi connectivity index (χ1n) is 8.81. The van der Waals surface area contributed by atoms with Crippen LogP contribution in [0.5, 0.6) is 0 Å². The minimum atomic E-state index is -0.373. The van der Waals surface area contributed by atoms with Gasteiger partial charge in [-0.25, -0.2) is 4.39 Å². The topological polar surface area (TPSA) is 65.9 Å². The molecule has 1 heterocycles. The fourth-order valence-electron chi connectivity index (χ4n) is 3.21. The van der Waals surface area contributed by atoms with Crippen LogP contribution < -0.4 is 10.6 Å². The van der Waals surface area contributed by atoms with Crippen molar-refractivity contribution in [2.75, 3.05) is 40.0 Å².